The summed E-state index contributed by atoms with van der Waals surface area (Å²) in [5.41, 5.74) is 0. The van der Waals surface area contributed by atoms with Gasteiger partial charge in [0, 0.05) is 25.5 Å². The Hall–Kier alpha value is -1.85. The van der Waals surface area contributed by atoms with E-state index in [9.17, 15) is 14.7 Å². The van der Waals surface area contributed by atoms with Gasteiger partial charge in [0.2, 0.25) is 5.91 Å². The molecule has 0 spiro atoms. The van der Waals surface area contributed by atoms with Gasteiger partial charge in [-0.15, -0.1) is 0 Å². The van der Waals surface area contributed by atoms with Gasteiger partial charge < -0.3 is 10.4 Å². The van der Waals surface area contributed by atoms with E-state index in [-0.39, 0.29) is 11.8 Å². The van der Waals surface area contributed by atoms with Gasteiger partial charge in [0.1, 0.15) is 0 Å². The number of aromatic nitrogens is 2. The van der Waals surface area contributed by atoms with Gasteiger partial charge >= 0.3 is 5.97 Å². The quantitative estimate of drug-likeness (QED) is 0.747. The molecule has 1 aliphatic carbocycles. The number of hydrogen-bond donors (Lipinski definition) is 2. The van der Waals surface area contributed by atoms with Crippen molar-refractivity contribution in [2.24, 2.45) is 17.8 Å². The highest BCUT2D eigenvalue weighted by Gasteiger charge is 2.41. The first-order chi connectivity index (χ1) is 10.1. The number of aliphatic carboxylic acids is 1. The summed E-state index contributed by atoms with van der Waals surface area (Å²) < 4.78 is 1.81. The molecule has 6 heteroatoms. The molecule has 1 aliphatic rings. The molecule has 2 N–H and O–H groups in total. The summed E-state index contributed by atoms with van der Waals surface area (Å²) in [4.78, 5) is 23.5. The molecule has 1 saturated carbocycles. The van der Waals surface area contributed by atoms with E-state index in [0.29, 0.717) is 25.3 Å². The molecule has 0 aromatic carbocycles. The maximum Gasteiger partial charge on any atom is 0.307 e. The summed E-state index contributed by atoms with van der Waals surface area (Å²) in [5, 5.41) is 16.2. The number of carboxylic acids is 1. The zero-order valence-electron chi connectivity index (χ0n) is 12.4. The molecule has 0 bridgehead atoms. The molecule has 6 nitrogen and oxygen atoms in total. The van der Waals surface area contributed by atoms with Crippen molar-refractivity contribution in [2.45, 2.75) is 39.2 Å². The van der Waals surface area contributed by atoms with E-state index in [1.54, 1.807) is 6.20 Å². The largest absolute Gasteiger partial charge is 0.481 e. The Morgan fingerprint density at radius 2 is 2.14 bits per heavy atom. The summed E-state index contributed by atoms with van der Waals surface area (Å²) in [6.07, 6.45) is 6.64. The summed E-state index contributed by atoms with van der Waals surface area (Å²) in [6.45, 7) is 3.35. The average Bonchev–Trinajstić information content (AvgIpc) is 3.12. The van der Waals surface area contributed by atoms with Crippen molar-refractivity contribution in [1.82, 2.24) is 15.1 Å². The highest BCUT2D eigenvalue weighted by molar-refractivity contribution is 5.85. The molecular formula is C15H23N3O3. The van der Waals surface area contributed by atoms with Crippen molar-refractivity contribution < 1.29 is 14.7 Å². The summed E-state index contributed by atoms with van der Waals surface area (Å²) in [5.74, 6) is -1.51. The number of rotatable bonds is 7. The SMILES string of the molecule is CCC1CC(C(=O)O)C(C(=O)NCCCn2cccn2)C1. The molecule has 3 atom stereocenters. The molecule has 2 rings (SSSR count). The Kier molecular flexibility index (Phi) is 5.36. The van der Waals surface area contributed by atoms with Crippen LogP contribution in [0.25, 0.3) is 0 Å². The van der Waals surface area contributed by atoms with Crippen LogP contribution in [0, 0.1) is 17.8 Å². The van der Waals surface area contributed by atoms with Gasteiger partial charge in [-0.3, -0.25) is 14.3 Å². The fraction of sp³-hybridized carbons (Fsp3) is 0.667. The van der Waals surface area contributed by atoms with Crippen molar-refractivity contribution in [3.63, 3.8) is 0 Å². The van der Waals surface area contributed by atoms with Crippen molar-refractivity contribution in [3.05, 3.63) is 18.5 Å². The predicted molar refractivity (Wildman–Crippen MR) is 77.5 cm³/mol. The lowest BCUT2D eigenvalue weighted by atomic mass is 9.95. The minimum atomic E-state index is -0.845. The lowest BCUT2D eigenvalue weighted by Gasteiger charge is -2.15. The number of amides is 1. The second kappa shape index (κ2) is 7.24. The summed E-state index contributed by atoms with van der Waals surface area (Å²) >= 11 is 0. The summed E-state index contributed by atoms with van der Waals surface area (Å²) in [6, 6.07) is 1.86. The third-order valence-electron chi connectivity index (χ3n) is 4.31. The highest BCUT2D eigenvalue weighted by atomic mass is 16.4. The number of aryl methyl sites for hydroxylation is 1. The van der Waals surface area contributed by atoms with E-state index in [0.717, 1.165) is 19.4 Å². The molecule has 0 saturated heterocycles. The van der Waals surface area contributed by atoms with Gasteiger partial charge in [-0.05, 0) is 31.2 Å². The third kappa shape index (κ3) is 4.06. The number of nitrogens with zero attached hydrogens (tertiary/aromatic N) is 2. The van der Waals surface area contributed by atoms with Gasteiger partial charge in [0.05, 0.1) is 11.8 Å². The van der Waals surface area contributed by atoms with Crippen LogP contribution in [-0.4, -0.2) is 33.3 Å². The van der Waals surface area contributed by atoms with Gasteiger partial charge in [0.15, 0.2) is 0 Å². The van der Waals surface area contributed by atoms with Crippen LogP contribution in [0.1, 0.15) is 32.6 Å². The smallest absolute Gasteiger partial charge is 0.307 e. The zero-order chi connectivity index (χ0) is 15.2. The second-order valence-corrected chi connectivity index (χ2v) is 5.71. The first kappa shape index (κ1) is 15.5. The monoisotopic (exact) mass is 293 g/mol. The molecule has 1 heterocycles. The van der Waals surface area contributed by atoms with E-state index in [1.165, 1.54) is 0 Å². The van der Waals surface area contributed by atoms with Gasteiger partial charge in [-0.25, -0.2) is 0 Å². The molecule has 1 aromatic heterocycles. The topological polar surface area (TPSA) is 84.2 Å². The lowest BCUT2D eigenvalue weighted by Crippen LogP contribution is -2.36. The molecule has 1 aromatic rings. The van der Waals surface area contributed by atoms with Crippen molar-refractivity contribution in [3.8, 4) is 0 Å². The van der Waals surface area contributed by atoms with E-state index < -0.39 is 11.9 Å². The van der Waals surface area contributed by atoms with Gasteiger partial charge in [-0.2, -0.15) is 5.10 Å². The van der Waals surface area contributed by atoms with E-state index in [1.807, 2.05) is 23.9 Å². The van der Waals surface area contributed by atoms with Crippen molar-refractivity contribution in [2.75, 3.05) is 6.54 Å². The molecule has 1 amide bonds. The van der Waals surface area contributed by atoms with E-state index >= 15 is 0 Å². The Morgan fingerprint density at radius 3 is 2.76 bits per heavy atom. The Bertz CT molecular complexity index is 473. The molecule has 21 heavy (non-hydrogen) atoms. The highest BCUT2D eigenvalue weighted by Crippen LogP contribution is 2.38. The number of carbonyl (C=O) groups excluding carboxylic acids is 1. The Morgan fingerprint density at radius 1 is 1.38 bits per heavy atom. The minimum Gasteiger partial charge on any atom is -0.481 e. The van der Waals surface area contributed by atoms with Crippen LogP contribution >= 0.6 is 0 Å². The normalized spacial score (nSPS) is 24.9. The minimum absolute atomic E-state index is 0.112. The molecule has 0 radical (unpaired) electrons. The standard InChI is InChI=1S/C15H23N3O3/c1-2-11-9-12(13(10-11)15(20)21)14(19)16-5-3-7-18-8-4-6-17-18/h4,6,8,11-13H,2-3,5,7,9-10H2,1H3,(H,16,19)(H,20,21). The first-order valence-corrected chi connectivity index (χ1v) is 7.59. The third-order valence-corrected chi connectivity index (χ3v) is 4.31. The van der Waals surface area contributed by atoms with E-state index in [4.69, 9.17) is 0 Å². The molecule has 116 valence electrons. The summed E-state index contributed by atoms with van der Waals surface area (Å²) in [7, 11) is 0. The number of hydrogen-bond acceptors (Lipinski definition) is 3. The fourth-order valence-electron chi connectivity index (χ4n) is 3.06. The van der Waals surface area contributed by atoms with Crippen LogP contribution in [0.3, 0.4) is 0 Å². The maximum atomic E-state index is 12.2. The van der Waals surface area contributed by atoms with Crippen LogP contribution in [0.15, 0.2) is 18.5 Å². The fourth-order valence-corrected chi connectivity index (χ4v) is 3.06. The van der Waals surface area contributed by atoms with Gasteiger partial charge in [0.25, 0.3) is 0 Å². The number of carbonyl (C=O) groups is 2. The number of nitrogens with one attached hydrogen (secondary N) is 1. The predicted octanol–water partition coefficient (Wildman–Crippen LogP) is 1.53. The van der Waals surface area contributed by atoms with Crippen LogP contribution < -0.4 is 5.32 Å². The molecule has 0 aliphatic heterocycles. The van der Waals surface area contributed by atoms with Crippen LogP contribution in [0.2, 0.25) is 0 Å². The molecule has 1 fully saturated rings. The van der Waals surface area contributed by atoms with E-state index in [2.05, 4.69) is 10.4 Å². The maximum absolute atomic E-state index is 12.2. The van der Waals surface area contributed by atoms with Crippen LogP contribution in [-0.2, 0) is 16.1 Å². The molecule has 3 unspecified atom stereocenters. The Balaban J connectivity index is 1.77. The van der Waals surface area contributed by atoms with Crippen molar-refractivity contribution in [1.29, 1.82) is 0 Å². The Labute approximate surface area is 124 Å². The zero-order valence-corrected chi connectivity index (χ0v) is 12.4. The van der Waals surface area contributed by atoms with Crippen molar-refractivity contribution >= 4 is 11.9 Å². The lowest BCUT2D eigenvalue weighted by molar-refractivity contribution is -0.146. The van der Waals surface area contributed by atoms with Gasteiger partial charge in [-0.1, -0.05) is 13.3 Å². The number of carboxylic acid groups (broad SMARTS) is 1. The molecular weight excluding hydrogens is 270 g/mol. The van der Waals surface area contributed by atoms with Crippen LogP contribution in [0.4, 0.5) is 0 Å². The first-order valence-electron chi connectivity index (χ1n) is 7.59. The van der Waals surface area contributed by atoms with Crippen LogP contribution in [0.5, 0.6) is 0 Å². The average molecular weight is 293 g/mol. The second-order valence-electron chi connectivity index (χ2n) is 5.71.